The maximum absolute atomic E-state index is 13.1. The number of aromatic nitrogens is 2. The largest absolute Gasteiger partial charge is 0.383 e. The Morgan fingerprint density at radius 2 is 2.19 bits per heavy atom. The van der Waals surface area contributed by atoms with Gasteiger partial charge in [-0.15, -0.1) is 0 Å². The summed E-state index contributed by atoms with van der Waals surface area (Å²) in [6.45, 7) is 4.50. The van der Waals surface area contributed by atoms with Gasteiger partial charge in [0, 0.05) is 12.1 Å². The third-order valence-corrected chi connectivity index (χ3v) is 2.65. The molecule has 0 aliphatic rings. The lowest BCUT2D eigenvalue weighted by molar-refractivity contribution is 0.619. The number of hydrogen-bond acceptors (Lipinski definition) is 2. The van der Waals surface area contributed by atoms with E-state index in [9.17, 15) is 4.39 Å². The SMILES string of the molecule is CCn1cnc(-c2ccc(F)c(C)c2)c1N. The van der Waals surface area contributed by atoms with E-state index in [4.69, 9.17) is 5.73 Å². The van der Waals surface area contributed by atoms with Crippen LogP contribution in [0.2, 0.25) is 0 Å². The van der Waals surface area contributed by atoms with Gasteiger partial charge >= 0.3 is 0 Å². The maximum atomic E-state index is 13.1. The van der Waals surface area contributed by atoms with E-state index < -0.39 is 0 Å². The summed E-state index contributed by atoms with van der Waals surface area (Å²) in [7, 11) is 0. The van der Waals surface area contributed by atoms with Gasteiger partial charge < -0.3 is 10.3 Å². The van der Waals surface area contributed by atoms with E-state index in [1.165, 1.54) is 6.07 Å². The van der Waals surface area contributed by atoms with Crippen LogP contribution in [0.1, 0.15) is 12.5 Å². The molecule has 16 heavy (non-hydrogen) atoms. The smallest absolute Gasteiger partial charge is 0.131 e. The second-order valence-corrected chi connectivity index (χ2v) is 3.73. The van der Waals surface area contributed by atoms with Gasteiger partial charge in [-0.1, -0.05) is 0 Å². The van der Waals surface area contributed by atoms with Crippen molar-refractivity contribution in [2.24, 2.45) is 0 Å². The molecule has 1 aromatic heterocycles. The van der Waals surface area contributed by atoms with Crippen molar-refractivity contribution >= 4 is 5.82 Å². The Balaban J connectivity index is 2.50. The number of aryl methyl sites for hydroxylation is 2. The van der Waals surface area contributed by atoms with Gasteiger partial charge in [-0.3, -0.25) is 0 Å². The summed E-state index contributed by atoms with van der Waals surface area (Å²) in [6, 6.07) is 4.89. The molecule has 1 heterocycles. The number of halogens is 1. The molecule has 0 radical (unpaired) electrons. The molecule has 3 nitrogen and oxygen atoms in total. The molecule has 1 aromatic carbocycles. The van der Waals surface area contributed by atoms with Crippen LogP contribution >= 0.6 is 0 Å². The van der Waals surface area contributed by atoms with Gasteiger partial charge in [-0.25, -0.2) is 9.37 Å². The first-order valence-corrected chi connectivity index (χ1v) is 5.20. The number of rotatable bonds is 2. The fraction of sp³-hybridized carbons (Fsp3) is 0.250. The van der Waals surface area contributed by atoms with Crippen LogP contribution < -0.4 is 5.73 Å². The summed E-state index contributed by atoms with van der Waals surface area (Å²) in [4.78, 5) is 4.24. The van der Waals surface area contributed by atoms with Crippen LogP contribution in [0.15, 0.2) is 24.5 Å². The zero-order chi connectivity index (χ0) is 11.7. The summed E-state index contributed by atoms with van der Waals surface area (Å²) in [5.74, 6) is 0.408. The highest BCUT2D eigenvalue weighted by Crippen LogP contribution is 2.25. The maximum Gasteiger partial charge on any atom is 0.131 e. The molecule has 0 atom stereocenters. The molecule has 0 amide bonds. The molecule has 0 bridgehead atoms. The van der Waals surface area contributed by atoms with Crippen LogP contribution in [0.25, 0.3) is 11.3 Å². The number of benzene rings is 1. The van der Waals surface area contributed by atoms with Gasteiger partial charge in [0.25, 0.3) is 0 Å². The van der Waals surface area contributed by atoms with Crippen molar-refractivity contribution in [3.8, 4) is 11.3 Å². The third kappa shape index (κ3) is 1.66. The quantitative estimate of drug-likeness (QED) is 0.843. The number of anilines is 1. The van der Waals surface area contributed by atoms with Gasteiger partial charge in [0.05, 0.1) is 6.33 Å². The van der Waals surface area contributed by atoms with Crippen molar-refractivity contribution in [2.45, 2.75) is 20.4 Å². The van der Waals surface area contributed by atoms with Gasteiger partial charge in [0.1, 0.15) is 17.3 Å². The minimum absolute atomic E-state index is 0.211. The Bertz CT molecular complexity index is 517. The third-order valence-electron chi connectivity index (χ3n) is 2.65. The van der Waals surface area contributed by atoms with E-state index in [1.807, 2.05) is 11.5 Å². The number of imidazole rings is 1. The highest BCUT2D eigenvalue weighted by Gasteiger charge is 2.09. The molecule has 0 saturated carbocycles. The van der Waals surface area contributed by atoms with Crippen LogP contribution in [0.3, 0.4) is 0 Å². The van der Waals surface area contributed by atoms with Crippen molar-refractivity contribution in [2.75, 3.05) is 5.73 Å². The molecular weight excluding hydrogens is 205 g/mol. The predicted octanol–water partition coefficient (Wildman–Crippen LogP) is 2.60. The molecule has 2 aromatic rings. The summed E-state index contributed by atoms with van der Waals surface area (Å²) in [5, 5.41) is 0. The molecule has 2 rings (SSSR count). The van der Waals surface area contributed by atoms with Crippen LogP contribution in [0.4, 0.5) is 10.2 Å². The summed E-state index contributed by atoms with van der Waals surface area (Å²) < 4.78 is 15.0. The zero-order valence-electron chi connectivity index (χ0n) is 9.37. The Kier molecular flexibility index (Phi) is 2.64. The molecule has 0 unspecified atom stereocenters. The number of hydrogen-bond donors (Lipinski definition) is 1. The van der Waals surface area contributed by atoms with Crippen molar-refractivity contribution in [1.29, 1.82) is 0 Å². The molecule has 2 N–H and O–H groups in total. The average Bonchev–Trinajstić information content (AvgIpc) is 2.64. The first-order valence-electron chi connectivity index (χ1n) is 5.20. The molecule has 0 saturated heterocycles. The van der Waals surface area contributed by atoms with E-state index in [0.717, 1.165) is 12.1 Å². The molecule has 0 aliphatic heterocycles. The standard InChI is InChI=1S/C12H14FN3/c1-3-16-7-15-11(12(16)14)9-4-5-10(13)8(2)6-9/h4-7H,3,14H2,1-2H3. The monoisotopic (exact) mass is 219 g/mol. The molecule has 4 heteroatoms. The molecule has 84 valence electrons. The van der Waals surface area contributed by atoms with E-state index in [1.54, 1.807) is 25.4 Å². The van der Waals surface area contributed by atoms with E-state index >= 15 is 0 Å². The second-order valence-electron chi connectivity index (χ2n) is 3.73. The van der Waals surface area contributed by atoms with Crippen molar-refractivity contribution in [3.63, 3.8) is 0 Å². The van der Waals surface area contributed by atoms with Gasteiger partial charge in [0.15, 0.2) is 0 Å². The summed E-state index contributed by atoms with van der Waals surface area (Å²) in [6.07, 6.45) is 1.70. The fourth-order valence-corrected chi connectivity index (χ4v) is 1.66. The van der Waals surface area contributed by atoms with Crippen molar-refractivity contribution < 1.29 is 4.39 Å². The van der Waals surface area contributed by atoms with Crippen LogP contribution in [-0.2, 0) is 6.54 Å². The van der Waals surface area contributed by atoms with Crippen molar-refractivity contribution in [1.82, 2.24) is 9.55 Å². The van der Waals surface area contributed by atoms with Gasteiger partial charge in [0.2, 0.25) is 0 Å². The fourth-order valence-electron chi connectivity index (χ4n) is 1.66. The lowest BCUT2D eigenvalue weighted by Crippen LogP contribution is -1.99. The minimum atomic E-state index is -0.211. The van der Waals surface area contributed by atoms with Crippen LogP contribution in [0, 0.1) is 12.7 Å². The molecule has 0 aliphatic carbocycles. The van der Waals surface area contributed by atoms with Gasteiger partial charge in [-0.2, -0.15) is 0 Å². The Labute approximate surface area is 93.7 Å². The normalized spacial score (nSPS) is 10.7. The van der Waals surface area contributed by atoms with Gasteiger partial charge in [-0.05, 0) is 37.6 Å². The van der Waals surface area contributed by atoms with Crippen LogP contribution in [0.5, 0.6) is 0 Å². The molecule has 0 spiro atoms. The Morgan fingerprint density at radius 3 is 2.75 bits per heavy atom. The first-order chi connectivity index (χ1) is 7.63. The highest BCUT2D eigenvalue weighted by molar-refractivity contribution is 5.70. The Hall–Kier alpha value is -1.84. The van der Waals surface area contributed by atoms with Crippen molar-refractivity contribution in [3.05, 3.63) is 35.9 Å². The lowest BCUT2D eigenvalue weighted by atomic mass is 10.1. The van der Waals surface area contributed by atoms with E-state index in [0.29, 0.717) is 17.1 Å². The second kappa shape index (κ2) is 3.96. The lowest BCUT2D eigenvalue weighted by Gasteiger charge is -2.03. The minimum Gasteiger partial charge on any atom is -0.383 e. The predicted molar refractivity (Wildman–Crippen MR) is 62.4 cm³/mol. The highest BCUT2D eigenvalue weighted by atomic mass is 19.1. The van der Waals surface area contributed by atoms with E-state index in [2.05, 4.69) is 4.98 Å². The Morgan fingerprint density at radius 1 is 1.44 bits per heavy atom. The topological polar surface area (TPSA) is 43.8 Å². The molecule has 0 fully saturated rings. The average molecular weight is 219 g/mol. The van der Waals surface area contributed by atoms with E-state index in [-0.39, 0.29) is 5.82 Å². The zero-order valence-corrected chi connectivity index (χ0v) is 9.37. The summed E-state index contributed by atoms with van der Waals surface area (Å²) in [5.41, 5.74) is 8.10. The molecular formula is C12H14FN3. The first kappa shape index (κ1) is 10.7. The number of nitrogen functional groups attached to an aromatic ring is 1. The number of nitrogens with zero attached hydrogens (tertiary/aromatic N) is 2. The summed E-state index contributed by atoms with van der Waals surface area (Å²) >= 11 is 0. The van der Waals surface area contributed by atoms with Crippen LogP contribution in [-0.4, -0.2) is 9.55 Å². The number of nitrogens with two attached hydrogens (primary N) is 1.